The highest BCUT2D eigenvalue weighted by atomic mass is 32.1. The summed E-state index contributed by atoms with van der Waals surface area (Å²) in [4.78, 5) is 10.6. The van der Waals surface area contributed by atoms with Gasteiger partial charge in [0.15, 0.2) is 0 Å². The van der Waals surface area contributed by atoms with Crippen LogP contribution >= 0.6 is 11.3 Å². The maximum absolute atomic E-state index is 13.0. The Hall–Kier alpha value is -1.88. The molecule has 1 heterocycles. The van der Waals surface area contributed by atoms with Crippen molar-refractivity contribution < 1.29 is 14.3 Å². The fraction of sp³-hybridized carbons (Fsp3) is 0. The highest BCUT2D eigenvalue weighted by molar-refractivity contribution is 7.08. The van der Waals surface area contributed by atoms with Crippen LogP contribution in [0.1, 0.15) is 0 Å². The average molecular weight is 237 g/mol. The van der Waals surface area contributed by atoms with E-state index in [1.54, 1.807) is 6.07 Å². The summed E-state index contributed by atoms with van der Waals surface area (Å²) in [5.74, 6) is -0.470. The molecule has 0 fully saturated rings. The third-order valence-corrected chi connectivity index (χ3v) is 2.74. The standard InChI is InChI=1S/C11H8FNO2S/c12-8-1-2-9(7-3-4-16-6-7)10(5-8)13-11(14)15/h1-6,13H,(H,14,15). The van der Waals surface area contributed by atoms with Crippen molar-refractivity contribution in [1.82, 2.24) is 0 Å². The minimum absolute atomic E-state index is 0.255. The number of anilines is 1. The van der Waals surface area contributed by atoms with Crippen molar-refractivity contribution in [1.29, 1.82) is 0 Å². The van der Waals surface area contributed by atoms with Crippen LogP contribution in [0, 0.1) is 5.82 Å². The van der Waals surface area contributed by atoms with Gasteiger partial charge in [0, 0.05) is 5.56 Å². The number of hydrogen-bond donors (Lipinski definition) is 2. The Balaban J connectivity index is 2.48. The van der Waals surface area contributed by atoms with Crippen molar-refractivity contribution in [3.8, 4) is 11.1 Å². The van der Waals surface area contributed by atoms with E-state index in [-0.39, 0.29) is 5.69 Å². The van der Waals surface area contributed by atoms with Gasteiger partial charge >= 0.3 is 6.09 Å². The molecule has 0 unspecified atom stereocenters. The Morgan fingerprint density at radius 1 is 1.38 bits per heavy atom. The zero-order valence-electron chi connectivity index (χ0n) is 8.11. The molecule has 0 bridgehead atoms. The number of thiophene rings is 1. The zero-order chi connectivity index (χ0) is 11.5. The molecule has 0 radical (unpaired) electrons. The van der Waals surface area contributed by atoms with E-state index in [0.29, 0.717) is 5.56 Å². The molecule has 3 nitrogen and oxygen atoms in total. The van der Waals surface area contributed by atoms with Crippen molar-refractivity contribution in [2.75, 3.05) is 5.32 Å². The number of nitrogens with one attached hydrogen (secondary N) is 1. The minimum atomic E-state index is -1.21. The predicted molar refractivity (Wildman–Crippen MR) is 61.4 cm³/mol. The van der Waals surface area contributed by atoms with Crippen LogP contribution in [0.2, 0.25) is 0 Å². The van der Waals surface area contributed by atoms with Crippen molar-refractivity contribution in [2.45, 2.75) is 0 Å². The van der Waals surface area contributed by atoms with Gasteiger partial charge in [-0.25, -0.2) is 9.18 Å². The van der Waals surface area contributed by atoms with E-state index in [4.69, 9.17) is 5.11 Å². The smallest absolute Gasteiger partial charge is 0.409 e. The van der Waals surface area contributed by atoms with Crippen LogP contribution in [0.5, 0.6) is 0 Å². The molecule has 16 heavy (non-hydrogen) atoms. The number of rotatable bonds is 2. The van der Waals surface area contributed by atoms with Crippen LogP contribution in [0.3, 0.4) is 0 Å². The molecule has 2 N–H and O–H groups in total. The molecule has 0 aliphatic rings. The molecule has 82 valence electrons. The lowest BCUT2D eigenvalue weighted by atomic mass is 10.1. The second-order valence-corrected chi connectivity index (χ2v) is 3.91. The first-order valence-electron chi connectivity index (χ1n) is 4.49. The van der Waals surface area contributed by atoms with E-state index in [0.717, 1.165) is 5.56 Å². The van der Waals surface area contributed by atoms with Gasteiger partial charge in [-0.3, -0.25) is 5.32 Å². The number of benzene rings is 1. The Morgan fingerprint density at radius 3 is 2.81 bits per heavy atom. The number of halogens is 1. The SMILES string of the molecule is O=C(O)Nc1cc(F)ccc1-c1ccsc1. The number of carbonyl (C=O) groups is 1. The Bertz CT molecular complexity index is 511. The number of amides is 1. The lowest BCUT2D eigenvalue weighted by Crippen LogP contribution is -2.08. The van der Waals surface area contributed by atoms with Gasteiger partial charge in [0.2, 0.25) is 0 Å². The van der Waals surface area contributed by atoms with Gasteiger partial charge in [0.05, 0.1) is 5.69 Å². The molecule has 0 aliphatic carbocycles. The fourth-order valence-electron chi connectivity index (χ4n) is 1.40. The lowest BCUT2D eigenvalue weighted by Gasteiger charge is -2.07. The molecule has 1 aromatic heterocycles. The molecular weight excluding hydrogens is 229 g/mol. The predicted octanol–water partition coefficient (Wildman–Crippen LogP) is 3.64. The van der Waals surface area contributed by atoms with Crippen LogP contribution in [0.15, 0.2) is 35.0 Å². The highest BCUT2D eigenvalue weighted by Gasteiger charge is 2.09. The summed E-state index contributed by atoms with van der Waals surface area (Å²) in [6.07, 6.45) is -1.21. The van der Waals surface area contributed by atoms with Gasteiger partial charge in [0.1, 0.15) is 5.82 Å². The molecule has 5 heteroatoms. The number of hydrogen-bond acceptors (Lipinski definition) is 2. The van der Waals surface area contributed by atoms with E-state index in [9.17, 15) is 9.18 Å². The molecule has 1 aromatic carbocycles. The van der Waals surface area contributed by atoms with E-state index < -0.39 is 11.9 Å². The second-order valence-electron chi connectivity index (χ2n) is 3.13. The first-order valence-corrected chi connectivity index (χ1v) is 5.43. The van der Waals surface area contributed by atoms with Gasteiger partial charge in [-0.05, 0) is 40.6 Å². The number of carboxylic acid groups (broad SMARTS) is 1. The quantitative estimate of drug-likeness (QED) is 0.837. The van der Waals surface area contributed by atoms with Gasteiger partial charge in [-0.2, -0.15) is 11.3 Å². The van der Waals surface area contributed by atoms with Crippen molar-refractivity contribution in [2.24, 2.45) is 0 Å². The minimum Gasteiger partial charge on any atom is -0.465 e. The van der Waals surface area contributed by atoms with E-state index in [1.807, 2.05) is 16.8 Å². The van der Waals surface area contributed by atoms with E-state index in [1.165, 1.54) is 23.5 Å². The van der Waals surface area contributed by atoms with Gasteiger partial charge in [-0.15, -0.1) is 0 Å². The van der Waals surface area contributed by atoms with Crippen LogP contribution in [0.4, 0.5) is 14.9 Å². The third kappa shape index (κ3) is 2.20. The maximum Gasteiger partial charge on any atom is 0.409 e. The van der Waals surface area contributed by atoms with Gasteiger partial charge in [0.25, 0.3) is 0 Å². The van der Waals surface area contributed by atoms with Gasteiger partial charge in [-0.1, -0.05) is 0 Å². The molecule has 0 saturated carbocycles. The Labute approximate surface area is 95.2 Å². The molecule has 0 saturated heterocycles. The first-order chi connectivity index (χ1) is 7.66. The van der Waals surface area contributed by atoms with Crippen LogP contribution in [-0.2, 0) is 0 Å². The van der Waals surface area contributed by atoms with E-state index >= 15 is 0 Å². The van der Waals surface area contributed by atoms with Crippen molar-refractivity contribution in [3.63, 3.8) is 0 Å². The Morgan fingerprint density at radius 2 is 2.19 bits per heavy atom. The lowest BCUT2D eigenvalue weighted by molar-refractivity contribution is 0.210. The summed E-state index contributed by atoms with van der Waals surface area (Å²) in [5, 5.41) is 14.6. The largest absolute Gasteiger partial charge is 0.465 e. The summed E-state index contributed by atoms with van der Waals surface area (Å²) < 4.78 is 13.0. The van der Waals surface area contributed by atoms with E-state index in [2.05, 4.69) is 5.32 Å². The molecule has 0 aliphatic heterocycles. The third-order valence-electron chi connectivity index (χ3n) is 2.06. The molecule has 2 rings (SSSR count). The first kappa shape index (κ1) is 10.6. The zero-order valence-corrected chi connectivity index (χ0v) is 8.92. The summed E-state index contributed by atoms with van der Waals surface area (Å²) in [6.45, 7) is 0. The normalized spacial score (nSPS) is 10.1. The second kappa shape index (κ2) is 4.32. The van der Waals surface area contributed by atoms with Crippen LogP contribution in [0.25, 0.3) is 11.1 Å². The van der Waals surface area contributed by atoms with Crippen molar-refractivity contribution in [3.05, 3.63) is 40.8 Å². The van der Waals surface area contributed by atoms with Crippen molar-refractivity contribution >= 4 is 23.1 Å². The molecule has 0 spiro atoms. The topological polar surface area (TPSA) is 49.3 Å². The fourth-order valence-corrected chi connectivity index (χ4v) is 2.06. The van der Waals surface area contributed by atoms with Crippen LogP contribution in [-0.4, -0.2) is 11.2 Å². The summed E-state index contributed by atoms with van der Waals surface area (Å²) in [7, 11) is 0. The summed E-state index contributed by atoms with van der Waals surface area (Å²) >= 11 is 1.50. The molecule has 2 aromatic rings. The summed E-state index contributed by atoms with van der Waals surface area (Å²) in [5.41, 5.74) is 1.80. The molecular formula is C11H8FNO2S. The molecule has 0 atom stereocenters. The average Bonchev–Trinajstić information content (AvgIpc) is 2.69. The monoisotopic (exact) mass is 237 g/mol. The summed E-state index contributed by atoms with van der Waals surface area (Å²) in [6, 6.07) is 5.88. The Kier molecular flexibility index (Phi) is 2.87. The van der Waals surface area contributed by atoms with Crippen LogP contribution < -0.4 is 5.32 Å². The maximum atomic E-state index is 13.0. The molecule has 1 amide bonds. The highest BCUT2D eigenvalue weighted by Crippen LogP contribution is 2.30. The van der Waals surface area contributed by atoms with Gasteiger partial charge < -0.3 is 5.11 Å².